The van der Waals surface area contributed by atoms with E-state index < -0.39 is 0 Å². The number of carbonyl (C=O) groups excluding carboxylic acids is 1. The Bertz CT molecular complexity index is 794. The van der Waals surface area contributed by atoms with Crippen LogP contribution in [0.5, 0.6) is 0 Å². The second-order valence-corrected chi connectivity index (χ2v) is 8.29. The third-order valence-electron chi connectivity index (χ3n) is 4.69. The maximum absolute atomic E-state index is 11.9. The molecule has 0 aliphatic carbocycles. The number of thioether (sulfide) groups is 1. The SMILES string of the molecule is CCC(CC)c1cc(CNC(=NCC(=O)N(C)C)NCCSc2ccccc2)on1.I. The number of hydrogen-bond acceptors (Lipinski definition) is 5. The molecule has 0 aliphatic heterocycles. The van der Waals surface area contributed by atoms with Crippen molar-refractivity contribution in [3.05, 3.63) is 47.9 Å². The lowest BCUT2D eigenvalue weighted by molar-refractivity contribution is -0.127. The van der Waals surface area contributed by atoms with Gasteiger partial charge in [-0.3, -0.25) is 4.79 Å². The topological polar surface area (TPSA) is 82.8 Å². The monoisotopic (exact) mass is 559 g/mol. The van der Waals surface area contributed by atoms with E-state index in [1.807, 2.05) is 24.3 Å². The zero-order chi connectivity index (χ0) is 21.8. The first-order valence-electron chi connectivity index (χ1n) is 10.4. The van der Waals surface area contributed by atoms with Crippen molar-refractivity contribution in [3.8, 4) is 0 Å². The van der Waals surface area contributed by atoms with Crippen molar-refractivity contribution in [1.82, 2.24) is 20.7 Å². The highest BCUT2D eigenvalue weighted by Crippen LogP contribution is 2.22. The van der Waals surface area contributed by atoms with Crippen LogP contribution in [0.15, 0.2) is 50.8 Å². The number of hydrogen-bond donors (Lipinski definition) is 2. The van der Waals surface area contributed by atoms with E-state index in [-0.39, 0.29) is 36.4 Å². The fourth-order valence-electron chi connectivity index (χ4n) is 2.80. The van der Waals surface area contributed by atoms with Gasteiger partial charge in [-0.15, -0.1) is 35.7 Å². The quantitative estimate of drug-likeness (QED) is 0.142. The van der Waals surface area contributed by atoms with Crippen molar-refractivity contribution < 1.29 is 9.32 Å². The lowest BCUT2D eigenvalue weighted by atomic mass is 9.99. The Labute approximate surface area is 206 Å². The summed E-state index contributed by atoms with van der Waals surface area (Å²) in [5, 5.41) is 10.7. The number of aromatic nitrogens is 1. The molecule has 31 heavy (non-hydrogen) atoms. The molecule has 1 amide bonds. The molecule has 0 radical (unpaired) electrons. The molecular formula is C22H34IN5O2S. The van der Waals surface area contributed by atoms with Crippen LogP contribution in [0.1, 0.15) is 44.1 Å². The Morgan fingerprint density at radius 3 is 2.55 bits per heavy atom. The Balaban J connectivity index is 0.00000480. The highest BCUT2D eigenvalue weighted by atomic mass is 127. The first-order chi connectivity index (χ1) is 14.5. The zero-order valence-electron chi connectivity index (χ0n) is 18.8. The largest absolute Gasteiger partial charge is 0.359 e. The summed E-state index contributed by atoms with van der Waals surface area (Å²) >= 11 is 1.77. The number of aliphatic imine (C=N–C) groups is 1. The van der Waals surface area contributed by atoms with E-state index in [1.54, 1.807) is 25.9 Å². The van der Waals surface area contributed by atoms with Gasteiger partial charge in [0.15, 0.2) is 11.7 Å². The molecule has 0 atom stereocenters. The molecule has 0 spiro atoms. The number of likely N-dealkylation sites (N-methyl/N-ethyl adjacent to an activating group) is 1. The highest BCUT2D eigenvalue weighted by Gasteiger charge is 2.13. The molecule has 0 bridgehead atoms. The summed E-state index contributed by atoms with van der Waals surface area (Å²) in [6, 6.07) is 12.3. The number of carbonyl (C=O) groups is 1. The van der Waals surface area contributed by atoms with Gasteiger partial charge >= 0.3 is 0 Å². The number of guanidine groups is 1. The molecule has 2 rings (SSSR count). The second kappa shape index (κ2) is 15.1. The number of nitrogens with zero attached hydrogens (tertiary/aromatic N) is 3. The molecule has 0 fully saturated rings. The minimum Gasteiger partial charge on any atom is -0.359 e. The Kier molecular flexibility index (Phi) is 13.3. The van der Waals surface area contributed by atoms with Gasteiger partial charge < -0.3 is 20.1 Å². The maximum Gasteiger partial charge on any atom is 0.243 e. The third kappa shape index (κ3) is 9.94. The second-order valence-electron chi connectivity index (χ2n) is 7.13. The van der Waals surface area contributed by atoms with Crippen LogP contribution < -0.4 is 10.6 Å². The molecule has 1 aromatic heterocycles. The maximum atomic E-state index is 11.9. The molecule has 172 valence electrons. The number of amides is 1. The molecule has 0 unspecified atom stereocenters. The minimum absolute atomic E-state index is 0. The molecule has 1 heterocycles. The highest BCUT2D eigenvalue weighted by molar-refractivity contribution is 14.0. The van der Waals surface area contributed by atoms with Crippen molar-refractivity contribution in [1.29, 1.82) is 0 Å². The van der Waals surface area contributed by atoms with Crippen LogP contribution >= 0.6 is 35.7 Å². The predicted octanol–water partition coefficient (Wildman–Crippen LogP) is 4.11. The lowest BCUT2D eigenvalue weighted by Gasteiger charge is -2.13. The van der Waals surface area contributed by atoms with Crippen molar-refractivity contribution >= 4 is 47.6 Å². The number of nitrogens with one attached hydrogen (secondary N) is 2. The molecule has 9 heteroatoms. The molecule has 7 nitrogen and oxygen atoms in total. The zero-order valence-corrected chi connectivity index (χ0v) is 21.9. The van der Waals surface area contributed by atoms with Crippen molar-refractivity contribution in [2.24, 2.45) is 4.99 Å². The summed E-state index contributed by atoms with van der Waals surface area (Å²) in [5.74, 6) is 2.59. The molecule has 2 N–H and O–H groups in total. The van der Waals surface area contributed by atoms with Gasteiger partial charge in [-0.05, 0) is 25.0 Å². The van der Waals surface area contributed by atoms with Crippen LogP contribution in [0.3, 0.4) is 0 Å². The van der Waals surface area contributed by atoms with E-state index in [4.69, 9.17) is 4.52 Å². The van der Waals surface area contributed by atoms with Crippen LogP contribution in [-0.2, 0) is 11.3 Å². The van der Waals surface area contributed by atoms with Gasteiger partial charge in [-0.25, -0.2) is 4.99 Å². The van der Waals surface area contributed by atoms with Crippen molar-refractivity contribution in [2.45, 2.75) is 44.0 Å². The molecule has 0 saturated heterocycles. The van der Waals surface area contributed by atoms with E-state index in [1.165, 1.54) is 9.80 Å². The normalized spacial score (nSPS) is 11.2. The average Bonchev–Trinajstić information content (AvgIpc) is 3.22. The first-order valence-corrected chi connectivity index (χ1v) is 11.4. The number of halogens is 1. The minimum atomic E-state index is -0.0505. The van der Waals surface area contributed by atoms with E-state index in [0.29, 0.717) is 18.4 Å². The third-order valence-corrected chi connectivity index (χ3v) is 5.70. The lowest BCUT2D eigenvalue weighted by Crippen LogP contribution is -2.39. The Morgan fingerprint density at radius 1 is 1.19 bits per heavy atom. The Hall–Kier alpha value is -1.75. The van der Waals surface area contributed by atoms with E-state index in [9.17, 15) is 4.79 Å². The fourth-order valence-corrected chi connectivity index (χ4v) is 3.59. The van der Waals surface area contributed by atoms with Gasteiger partial charge in [-0.1, -0.05) is 37.2 Å². The Morgan fingerprint density at radius 2 is 1.90 bits per heavy atom. The smallest absolute Gasteiger partial charge is 0.243 e. The standard InChI is InChI=1S/C22H33N5O2S.HI/c1-5-17(6-2)20-14-18(29-26-20)15-24-22(25-16-21(28)27(3)4)23-12-13-30-19-10-8-7-9-11-19;/h7-11,14,17H,5-6,12-13,15-16H2,1-4H3,(H2,23,24,25);1H. The van der Waals surface area contributed by atoms with Gasteiger partial charge in [-0.2, -0.15) is 0 Å². The van der Waals surface area contributed by atoms with Crippen LogP contribution in [0.2, 0.25) is 0 Å². The summed E-state index contributed by atoms with van der Waals surface area (Å²) in [7, 11) is 3.45. The molecule has 1 aromatic carbocycles. The summed E-state index contributed by atoms with van der Waals surface area (Å²) < 4.78 is 5.47. The average molecular weight is 560 g/mol. The molecule has 0 saturated carbocycles. The van der Waals surface area contributed by atoms with E-state index in [0.717, 1.165) is 36.6 Å². The van der Waals surface area contributed by atoms with E-state index >= 15 is 0 Å². The fraction of sp³-hybridized carbons (Fsp3) is 0.500. The predicted molar refractivity (Wildman–Crippen MR) is 138 cm³/mol. The van der Waals surface area contributed by atoms with Crippen LogP contribution in [0, 0.1) is 0 Å². The van der Waals surface area contributed by atoms with Crippen LogP contribution in [0.25, 0.3) is 0 Å². The first kappa shape index (κ1) is 27.3. The van der Waals surface area contributed by atoms with Crippen LogP contribution in [-0.4, -0.2) is 54.9 Å². The van der Waals surface area contributed by atoms with Gasteiger partial charge in [0.25, 0.3) is 0 Å². The number of benzene rings is 1. The van der Waals surface area contributed by atoms with E-state index in [2.05, 4.69) is 46.8 Å². The van der Waals surface area contributed by atoms with Gasteiger partial charge in [0.1, 0.15) is 6.54 Å². The molecule has 2 aromatic rings. The summed E-state index contributed by atoms with van der Waals surface area (Å²) in [5.41, 5.74) is 0.991. The summed E-state index contributed by atoms with van der Waals surface area (Å²) in [6.07, 6.45) is 2.08. The van der Waals surface area contributed by atoms with Crippen molar-refractivity contribution in [3.63, 3.8) is 0 Å². The molecule has 0 aliphatic rings. The van der Waals surface area contributed by atoms with Gasteiger partial charge in [0, 0.05) is 43.3 Å². The van der Waals surface area contributed by atoms with Crippen molar-refractivity contribution in [2.75, 3.05) is 32.9 Å². The molecular weight excluding hydrogens is 525 g/mol. The number of rotatable bonds is 11. The van der Waals surface area contributed by atoms with Crippen LogP contribution in [0.4, 0.5) is 0 Å². The van der Waals surface area contributed by atoms with Gasteiger partial charge in [0.2, 0.25) is 5.91 Å². The summed E-state index contributed by atoms with van der Waals surface area (Å²) in [4.78, 5) is 19.1. The van der Waals surface area contributed by atoms with Gasteiger partial charge in [0.05, 0.1) is 12.2 Å². The summed E-state index contributed by atoms with van der Waals surface area (Å²) in [6.45, 7) is 5.58.